The zero-order valence-corrected chi connectivity index (χ0v) is 38.7. The van der Waals surface area contributed by atoms with Crippen LogP contribution < -0.4 is 5.32 Å². The van der Waals surface area contributed by atoms with Crippen LogP contribution in [-0.2, 0) is 4.79 Å². The van der Waals surface area contributed by atoms with Gasteiger partial charge in [-0.2, -0.15) is 0 Å². The van der Waals surface area contributed by atoms with E-state index < -0.39 is 12.1 Å². The fourth-order valence-corrected chi connectivity index (χ4v) is 8.60. The predicted octanol–water partition coefficient (Wildman–Crippen LogP) is 16.8. The van der Waals surface area contributed by atoms with Gasteiger partial charge in [0, 0.05) is 6.42 Å². The second kappa shape index (κ2) is 48.8. The molecule has 2 unspecified atom stereocenters. The van der Waals surface area contributed by atoms with E-state index >= 15 is 0 Å². The van der Waals surface area contributed by atoms with Crippen molar-refractivity contribution in [3.63, 3.8) is 0 Å². The summed E-state index contributed by atoms with van der Waals surface area (Å²) in [6, 6.07) is -0.526. The summed E-state index contributed by atoms with van der Waals surface area (Å²) < 4.78 is 0. The molecule has 4 nitrogen and oxygen atoms in total. The molecule has 0 heterocycles. The molecule has 3 N–H and O–H groups in total. The van der Waals surface area contributed by atoms with E-state index in [1.165, 1.54) is 250 Å². The monoisotopic (exact) mass is 792 g/mol. The second-order valence-corrected chi connectivity index (χ2v) is 18.3. The highest BCUT2D eigenvalue weighted by Gasteiger charge is 2.19. The van der Waals surface area contributed by atoms with Crippen LogP contribution in [-0.4, -0.2) is 34.9 Å². The van der Waals surface area contributed by atoms with Gasteiger partial charge in [-0.05, 0) is 12.8 Å². The minimum absolute atomic E-state index is 0.0367. The number of rotatable bonds is 49. The van der Waals surface area contributed by atoms with E-state index in [9.17, 15) is 15.0 Å². The van der Waals surface area contributed by atoms with Gasteiger partial charge in [0.15, 0.2) is 0 Å². The van der Waals surface area contributed by atoms with E-state index in [-0.39, 0.29) is 12.5 Å². The van der Waals surface area contributed by atoms with E-state index in [0.29, 0.717) is 12.8 Å². The minimum atomic E-state index is -0.650. The molecule has 4 heteroatoms. The van der Waals surface area contributed by atoms with Crippen LogP contribution >= 0.6 is 0 Å². The summed E-state index contributed by atoms with van der Waals surface area (Å²) in [6.45, 7) is 4.24. The Morgan fingerprint density at radius 2 is 0.571 bits per heavy atom. The summed E-state index contributed by atoms with van der Waals surface area (Å²) in [5.41, 5.74) is 0. The highest BCUT2D eigenvalue weighted by atomic mass is 16.3. The summed E-state index contributed by atoms with van der Waals surface area (Å²) in [5.74, 6) is -0.0367. The van der Waals surface area contributed by atoms with E-state index in [1.807, 2.05) is 0 Å². The molecule has 0 saturated heterocycles. The predicted molar refractivity (Wildman–Crippen MR) is 249 cm³/mol. The highest BCUT2D eigenvalue weighted by molar-refractivity contribution is 5.76. The van der Waals surface area contributed by atoms with Gasteiger partial charge in [0.2, 0.25) is 5.91 Å². The standard InChI is InChI=1S/C52H105NO3/c1-3-5-7-8-9-10-11-12-13-14-15-16-17-18-19-20-21-22-23-24-25-26-27-28-29-30-31-32-33-34-35-36-37-38-39-40-41-42-43-44-46-48-52(56)53-50(49-54)51(55)47-45-6-4-2/h50-51,54-55H,3-49H2,1-2H3,(H,53,56). The first-order valence-corrected chi connectivity index (χ1v) is 26.2. The van der Waals surface area contributed by atoms with Crippen molar-refractivity contribution in [1.29, 1.82) is 0 Å². The number of carbonyl (C=O) groups is 1. The first-order valence-electron chi connectivity index (χ1n) is 26.2. The van der Waals surface area contributed by atoms with E-state index in [2.05, 4.69) is 19.2 Å². The quantitative estimate of drug-likeness (QED) is 0.0538. The molecule has 0 rings (SSSR count). The maximum Gasteiger partial charge on any atom is 0.220 e. The SMILES string of the molecule is CCCCCCCCCCCCCCCCCCCCCCCCCCCCCCCCCCCCCCCCCCCC(=O)NC(CO)C(O)CCCCC. The lowest BCUT2D eigenvalue weighted by Gasteiger charge is -2.22. The van der Waals surface area contributed by atoms with Crippen LogP contribution in [0.15, 0.2) is 0 Å². The van der Waals surface area contributed by atoms with Crippen LogP contribution in [0.25, 0.3) is 0 Å². The summed E-state index contributed by atoms with van der Waals surface area (Å²) >= 11 is 0. The van der Waals surface area contributed by atoms with Crippen molar-refractivity contribution in [2.45, 2.75) is 321 Å². The first kappa shape index (κ1) is 55.4. The van der Waals surface area contributed by atoms with Crippen LogP contribution in [0.5, 0.6) is 0 Å². The molecule has 0 radical (unpaired) electrons. The fourth-order valence-electron chi connectivity index (χ4n) is 8.60. The molecule has 0 aromatic rings. The smallest absolute Gasteiger partial charge is 0.220 e. The van der Waals surface area contributed by atoms with Crippen molar-refractivity contribution in [1.82, 2.24) is 5.32 Å². The number of hydrogen-bond donors (Lipinski definition) is 3. The zero-order valence-electron chi connectivity index (χ0n) is 38.7. The fraction of sp³-hybridized carbons (Fsp3) is 0.981. The third kappa shape index (κ3) is 44.5. The largest absolute Gasteiger partial charge is 0.394 e. The third-order valence-corrected chi connectivity index (χ3v) is 12.6. The highest BCUT2D eigenvalue weighted by Crippen LogP contribution is 2.18. The lowest BCUT2D eigenvalue weighted by atomic mass is 10.0. The number of carbonyl (C=O) groups excluding carboxylic acids is 1. The van der Waals surface area contributed by atoms with Gasteiger partial charge in [-0.3, -0.25) is 4.79 Å². The number of nitrogens with one attached hydrogen (secondary N) is 1. The lowest BCUT2D eigenvalue weighted by molar-refractivity contribution is -0.123. The van der Waals surface area contributed by atoms with Gasteiger partial charge in [0.05, 0.1) is 18.8 Å². The lowest BCUT2D eigenvalue weighted by Crippen LogP contribution is -2.45. The van der Waals surface area contributed by atoms with Crippen molar-refractivity contribution in [2.75, 3.05) is 6.61 Å². The average molecular weight is 792 g/mol. The molecular formula is C52H105NO3. The topological polar surface area (TPSA) is 69.6 Å². The van der Waals surface area contributed by atoms with Crippen molar-refractivity contribution in [3.8, 4) is 0 Å². The molecule has 56 heavy (non-hydrogen) atoms. The maximum atomic E-state index is 12.2. The normalized spacial score (nSPS) is 12.7. The molecule has 0 aliphatic heterocycles. The Morgan fingerprint density at radius 3 is 0.804 bits per heavy atom. The van der Waals surface area contributed by atoms with Crippen molar-refractivity contribution in [2.24, 2.45) is 0 Å². The Labute approximate surface area is 353 Å². The Kier molecular flexibility index (Phi) is 48.2. The summed E-state index contributed by atoms with van der Waals surface area (Å²) in [4.78, 5) is 12.2. The Balaban J connectivity index is 3.19. The van der Waals surface area contributed by atoms with Crippen LogP contribution in [0.3, 0.4) is 0 Å². The molecule has 0 saturated carbocycles. The number of amides is 1. The molecule has 0 aromatic heterocycles. The van der Waals surface area contributed by atoms with Crippen molar-refractivity contribution < 1.29 is 15.0 Å². The summed E-state index contributed by atoms with van der Waals surface area (Å²) in [6.07, 6.45) is 61.9. The van der Waals surface area contributed by atoms with Gasteiger partial charge in [-0.15, -0.1) is 0 Å². The molecule has 0 aromatic carbocycles. The zero-order chi connectivity index (χ0) is 40.7. The average Bonchev–Trinajstić information content (AvgIpc) is 3.20. The van der Waals surface area contributed by atoms with Gasteiger partial charge in [0.25, 0.3) is 0 Å². The molecule has 0 aliphatic carbocycles. The molecule has 2 atom stereocenters. The molecule has 0 aliphatic rings. The molecule has 1 amide bonds. The molecule has 0 bridgehead atoms. The van der Waals surface area contributed by atoms with E-state index in [1.54, 1.807) is 0 Å². The van der Waals surface area contributed by atoms with Gasteiger partial charge in [-0.25, -0.2) is 0 Å². The Morgan fingerprint density at radius 1 is 0.357 bits per heavy atom. The van der Waals surface area contributed by atoms with Gasteiger partial charge in [-0.1, -0.05) is 290 Å². The Bertz CT molecular complexity index is 729. The number of hydrogen-bond acceptors (Lipinski definition) is 3. The summed E-state index contributed by atoms with van der Waals surface area (Å²) in [5, 5.41) is 22.6. The van der Waals surface area contributed by atoms with Crippen molar-refractivity contribution >= 4 is 5.91 Å². The molecule has 0 fully saturated rings. The Hall–Kier alpha value is -0.610. The van der Waals surface area contributed by atoms with Gasteiger partial charge in [0.1, 0.15) is 0 Å². The second-order valence-electron chi connectivity index (χ2n) is 18.3. The van der Waals surface area contributed by atoms with Crippen molar-refractivity contribution in [3.05, 3.63) is 0 Å². The number of aliphatic hydroxyl groups excluding tert-OH is 2. The summed E-state index contributed by atoms with van der Waals surface area (Å²) in [7, 11) is 0. The van der Waals surface area contributed by atoms with Crippen LogP contribution in [0.4, 0.5) is 0 Å². The van der Waals surface area contributed by atoms with Gasteiger partial charge >= 0.3 is 0 Å². The minimum Gasteiger partial charge on any atom is -0.394 e. The van der Waals surface area contributed by atoms with E-state index in [0.717, 1.165) is 32.1 Å². The molecular weight excluding hydrogens is 687 g/mol. The van der Waals surface area contributed by atoms with E-state index in [4.69, 9.17) is 0 Å². The van der Waals surface area contributed by atoms with Gasteiger partial charge < -0.3 is 15.5 Å². The van der Waals surface area contributed by atoms with Crippen LogP contribution in [0, 0.1) is 0 Å². The molecule has 0 spiro atoms. The first-order chi connectivity index (χ1) is 27.7. The maximum absolute atomic E-state index is 12.2. The van der Waals surface area contributed by atoms with Crippen LogP contribution in [0.2, 0.25) is 0 Å². The number of unbranched alkanes of at least 4 members (excludes halogenated alkanes) is 42. The van der Waals surface area contributed by atoms with Crippen LogP contribution in [0.1, 0.15) is 309 Å². The molecule has 336 valence electrons. The number of aliphatic hydroxyl groups is 2. The third-order valence-electron chi connectivity index (χ3n) is 12.6.